The van der Waals surface area contributed by atoms with Crippen molar-refractivity contribution >= 4 is 29.0 Å². The van der Waals surface area contributed by atoms with Gasteiger partial charge in [-0.2, -0.15) is 18.3 Å². The fraction of sp³-hybridized carbons (Fsp3) is 0.105. The number of nitrogens with one attached hydrogen (secondary N) is 4. The number of rotatable bonds is 6. The summed E-state index contributed by atoms with van der Waals surface area (Å²) < 4.78 is 52.4. The molecule has 0 fully saturated rings. The Hall–Kier alpha value is -4.09. The van der Waals surface area contributed by atoms with Crippen molar-refractivity contribution < 1.29 is 27.2 Å². The number of hydrogen-bond acceptors (Lipinski definition) is 4. The minimum Gasteiger partial charge on any atom is -0.378 e. The first-order valence-electron chi connectivity index (χ1n) is 8.75. The summed E-state index contributed by atoms with van der Waals surface area (Å²) >= 11 is 0. The zero-order valence-electron chi connectivity index (χ0n) is 15.7. The first-order valence-corrected chi connectivity index (χ1v) is 8.75. The molecule has 8 nitrogen and oxygen atoms in total. The summed E-state index contributed by atoms with van der Waals surface area (Å²) in [5.74, 6) is -2.26. The van der Waals surface area contributed by atoms with Gasteiger partial charge in [-0.05, 0) is 29.8 Å². The summed E-state index contributed by atoms with van der Waals surface area (Å²) in [6.45, 7) is 0.249. The number of benzene rings is 2. The Morgan fingerprint density at radius 1 is 1.06 bits per heavy atom. The molecule has 3 aromatic rings. The lowest BCUT2D eigenvalue weighted by Gasteiger charge is -2.13. The van der Waals surface area contributed by atoms with E-state index in [9.17, 15) is 27.2 Å². The van der Waals surface area contributed by atoms with Crippen LogP contribution >= 0.6 is 0 Å². The van der Waals surface area contributed by atoms with Crippen LogP contribution in [0.5, 0.6) is 0 Å². The number of hydrogen-bond donors (Lipinski definition) is 5. The molecule has 12 heteroatoms. The van der Waals surface area contributed by atoms with E-state index in [1.165, 1.54) is 12.3 Å². The third kappa shape index (κ3) is 5.29. The molecular formula is C19H16F4N6O2. The molecular weight excluding hydrogens is 420 g/mol. The maximum Gasteiger partial charge on any atom is 0.419 e. The number of amides is 3. The lowest BCUT2D eigenvalue weighted by atomic mass is 10.1. The third-order valence-electron chi connectivity index (χ3n) is 4.11. The highest BCUT2D eigenvalue weighted by Gasteiger charge is 2.35. The fourth-order valence-corrected chi connectivity index (χ4v) is 2.70. The number of carbonyl (C=O) groups excluding carboxylic acids is 2. The standard InChI is InChI=1S/C19H16F4N6O2/c20-15-12(19(21,22)23)5-2-6-13(15)28-18(31)27-11-4-1-3-10(7-11)8-25-14-9-26-29-16(14)17(24)30/h1-7,9,25H,8H2,(H2,24,30)(H,26,29)(H2,27,28,31). The smallest absolute Gasteiger partial charge is 0.378 e. The second-order valence-corrected chi connectivity index (χ2v) is 6.32. The highest BCUT2D eigenvalue weighted by Crippen LogP contribution is 2.33. The number of H-pyrrole nitrogens is 1. The molecule has 0 radical (unpaired) electrons. The number of halogens is 4. The van der Waals surface area contributed by atoms with Crippen molar-refractivity contribution in [3.63, 3.8) is 0 Å². The number of aromatic nitrogens is 2. The third-order valence-corrected chi connectivity index (χ3v) is 4.11. The molecule has 0 unspecified atom stereocenters. The van der Waals surface area contributed by atoms with E-state index in [0.29, 0.717) is 23.0 Å². The number of urea groups is 1. The van der Waals surface area contributed by atoms with Crippen molar-refractivity contribution in [2.24, 2.45) is 5.73 Å². The Labute approximate surface area is 172 Å². The summed E-state index contributed by atoms with van der Waals surface area (Å²) in [4.78, 5) is 23.4. The molecule has 0 aliphatic rings. The van der Waals surface area contributed by atoms with Crippen molar-refractivity contribution in [1.29, 1.82) is 0 Å². The Bertz CT molecular complexity index is 1110. The summed E-state index contributed by atoms with van der Waals surface area (Å²) in [6, 6.07) is 8.15. The molecule has 6 N–H and O–H groups in total. The number of alkyl halides is 3. The molecule has 0 bridgehead atoms. The average Bonchev–Trinajstić information content (AvgIpc) is 3.16. The van der Waals surface area contributed by atoms with Crippen LogP contribution in [0.4, 0.5) is 39.4 Å². The van der Waals surface area contributed by atoms with Gasteiger partial charge in [0.15, 0.2) is 5.82 Å². The van der Waals surface area contributed by atoms with Crippen LogP contribution in [0.15, 0.2) is 48.7 Å². The van der Waals surface area contributed by atoms with E-state index in [4.69, 9.17) is 5.73 Å². The van der Waals surface area contributed by atoms with E-state index in [1.807, 2.05) is 0 Å². The van der Waals surface area contributed by atoms with Crippen molar-refractivity contribution in [1.82, 2.24) is 10.2 Å². The van der Waals surface area contributed by atoms with Gasteiger partial charge in [0.2, 0.25) is 0 Å². The topological polar surface area (TPSA) is 125 Å². The number of primary amides is 1. The van der Waals surface area contributed by atoms with Crippen LogP contribution in [0, 0.1) is 5.82 Å². The van der Waals surface area contributed by atoms with Gasteiger partial charge in [-0.3, -0.25) is 9.89 Å². The van der Waals surface area contributed by atoms with Gasteiger partial charge in [0.25, 0.3) is 5.91 Å². The molecule has 2 aromatic carbocycles. The van der Waals surface area contributed by atoms with Crippen molar-refractivity contribution in [3.8, 4) is 0 Å². The van der Waals surface area contributed by atoms with Gasteiger partial charge in [-0.25, -0.2) is 9.18 Å². The number of nitrogens with zero attached hydrogens (tertiary/aromatic N) is 1. The summed E-state index contributed by atoms with van der Waals surface area (Å²) in [5, 5.41) is 13.6. The largest absolute Gasteiger partial charge is 0.419 e. The zero-order chi connectivity index (χ0) is 22.6. The van der Waals surface area contributed by atoms with E-state index in [-0.39, 0.29) is 12.2 Å². The first kappa shape index (κ1) is 21.6. The first-order chi connectivity index (χ1) is 14.6. The molecule has 0 aliphatic heterocycles. The second kappa shape index (κ2) is 8.73. The van der Waals surface area contributed by atoms with Gasteiger partial charge in [0.05, 0.1) is 23.1 Å². The predicted molar refractivity (Wildman–Crippen MR) is 105 cm³/mol. The van der Waals surface area contributed by atoms with Crippen LogP contribution in [-0.4, -0.2) is 22.1 Å². The highest BCUT2D eigenvalue weighted by atomic mass is 19.4. The zero-order valence-corrected chi connectivity index (χ0v) is 15.7. The number of aromatic amines is 1. The van der Waals surface area contributed by atoms with Crippen LogP contribution in [-0.2, 0) is 12.7 Å². The van der Waals surface area contributed by atoms with Crippen LogP contribution in [0.25, 0.3) is 0 Å². The Morgan fingerprint density at radius 3 is 2.52 bits per heavy atom. The molecule has 0 saturated heterocycles. The molecule has 0 atom stereocenters. The van der Waals surface area contributed by atoms with E-state index in [1.54, 1.807) is 18.2 Å². The summed E-state index contributed by atoms with van der Waals surface area (Å²) in [7, 11) is 0. The molecule has 0 saturated carbocycles. The lowest BCUT2D eigenvalue weighted by molar-refractivity contribution is -0.139. The number of nitrogens with two attached hydrogens (primary N) is 1. The predicted octanol–water partition coefficient (Wildman–Crippen LogP) is 3.92. The summed E-state index contributed by atoms with van der Waals surface area (Å²) in [6.07, 6.45) is -3.50. The van der Waals surface area contributed by atoms with E-state index in [0.717, 1.165) is 12.1 Å². The SMILES string of the molecule is NC(=O)c1[nH]ncc1NCc1cccc(NC(=O)Nc2cccc(C(F)(F)F)c2F)c1. The maximum atomic E-state index is 14.0. The van der Waals surface area contributed by atoms with Gasteiger partial charge in [-0.15, -0.1) is 0 Å². The maximum absolute atomic E-state index is 14.0. The lowest BCUT2D eigenvalue weighted by Crippen LogP contribution is -2.21. The molecule has 162 valence electrons. The molecule has 0 aliphatic carbocycles. The quantitative estimate of drug-likeness (QED) is 0.376. The highest BCUT2D eigenvalue weighted by molar-refractivity contribution is 6.00. The Morgan fingerprint density at radius 2 is 1.81 bits per heavy atom. The van der Waals surface area contributed by atoms with Crippen LogP contribution < -0.4 is 21.7 Å². The van der Waals surface area contributed by atoms with Crippen molar-refractivity contribution in [3.05, 3.63) is 71.3 Å². The molecule has 1 aromatic heterocycles. The minimum atomic E-state index is -4.89. The minimum absolute atomic E-state index is 0.108. The van der Waals surface area contributed by atoms with Gasteiger partial charge >= 0.3 is 12.2 Å². The fourth-order valence-electron chi connectivity index (χ4n) is 2.70. The second-order valence-electron chi connectivity index (χ2n) is 6.32. The van der Waals surface area contributed by atoms with Crippen molar-refractivity contribution in [2.45, 2.75) is 12.7 Å². The van der Waals surface area contributed by atoms with E-state index in [2.05, 4.69) is 26.1 Å². The van der Waals surface area contributed by atoms with Crippen molar-refractivity contribution in [2.75, 3.05) is 16.0 Å². The number of anilines is 3. The Kier molecular flexibility index (Phi) is 6.09. The van der Waals surface area contributed by atoms with Gasteiger partial charge in [-0.1, -0.05) is 18.2 Å². The van der Waals surface area contributed by atoms with Crippen LogP contribution in [0.2, 0.25) is 0 Å². The molecule has 1 heterocycles. The molecule has 3 rings (SSSR count). The summed E-state index contributed by atoms with van der Waals surface area (Å²) in [5.41, 5.74) is 4.64. The van der Waals surface area contributed by atoms with E-state index >= 15 is 0 Å². The number of carbonyl (C=O) groups is 2. The van der Waals surface area contributed by atoms with Crippen LogP contribution in [0.3, 0.4) is 0 Å². The molecule has 3 amide bonds. The average molecular weight is 436 g/mol. The normalized spacial score (nSPS) is 11.1. The van der Waals surface area contributed by atoms with Gasteiger partial charge in [0.1, 0.15) is 5.69 Å². The molecule has 0 spiro atoms. The van der Waals surface area contributed by atoms with Crippen LogP contribution in [0.1, 0.15) is 21.6 Å². The Balaban J connectivity index is 1.65. The molecule has 31 heavy (non-hydrogen) atoms. The van der Waals surface area contributed by atoms with E-state index < -0.39 is 35.2 Å². The van der Waals surface area contributed by atoms with Gasteiger partial charge in [0, 0.05) is 12.2 Å². The monoisotopic (exact) mass is 436 g/mol. The van der Waals surface area contributed by atoms with Gasteiger partial charge < -0.3 is 21.7 Å².